The van der Waals surface area contributed by atoms with E-state index < -0.39 is 9.84 Å². The van der Waals surface area contributed by atoms with Gasteiger partial charge < -0.3 is 15.8 Å². The van der Waals surface area contributed by atoms with Gasteiger partial charge in [-0.1, -0.05) is 0 Å². The van der Waals surface area contributed by atoms with Gasteiger partial charge in [0.15, 0.2) is 15.8 Å². The lowest BCUT2D eigenvalue weighted by Crippen LogP contribution is -2.39. The van der Waals surface area contributed by atoms with Crippen molar-refractivity contribution in [1.82, 2.24) is 5.32 Å². The van der Waals surface area contributed by atoms with Gasteiger partial charge in [0.05, 0.1) is 23.7 Å². The number of hydrogen-bond donors (Lipinski definition) is 2. The van der Waals surface area contributed by atoms with Crippen LogP contribution in [0.1, 0.15) is 25.7 Å². The fraction of sp³-hybridized carbons (Fsp3) is 0.909. The molecule has 7 heteroatoms. The molecule has 6 nitrogen and oxygen atoms in total. The van der Waals surface area contributed by atoms with Crippen LogP contribution in [0.15, 0.2) is 4.99 Å². The van der Waals surface area contributed by atoms with Gasteiger partial charge >= 0.3 is 0 Å². The molecule has 2 aliphatic heterocycles. The molecule has 2 unspecified atom stereocenters. The molecule has 0 radical (unpaired) electrons. The summed E-state index contributed by atoms with van der Waals surface area (Å²) in [5, 5.41) is 2.59. The third-order valence-corrected chi connectivity index (χ3v) is 5.74. The Morgan fingerprint density at radius 1 is 1.39 bits per heavy atom. The number of rotatable bonds is 4. The van der Waals surface area contributed by atoms with Crippen molar-refractivity contribution in [3.05, 3.63) is 0 Å². The van der Waals surface area contributed by atoms with Crippen molar-refractivity contribution in [2.45, 2.75) is 37.0 Å². The Kier molecular flexibility index (Phi) is 4.45. The standard InChI is InChI=1S/C11H21N3O3S/c12-11(13-7-9-3-1-5-17-9)14-8-10-4-2-6-18(10,15)16/h9-10H,1-8H2,(H3,12,13,14). The van der Waals surface area contributed by atoms with Crippen LogP contribution in [0.2, 0.25) is 0 Å². The van der Waals surface area contributed by atoms with E-state index in [9.17, 15) is 8.42 Å². The van der Waals surface area contributed by atoms with Crippen LogP contribution in [0.5, 0.6) is 0 Å². The van der Waals surface area contributed by atoms with E-state index in [0.29, 0.717) is 31.2 Å². The first-order valence-electron chi connectivity index (χ1n) is 6.45. The average Bonchev–Trinajstić information content (AvgIpc) is 2.93. The number of guanidine groups is 1. The second-order valence-electron chi connectivity index (χ2n) is 4.87. The minimum absolute atomic E-state index is 0.167. The van der Waals surface area contributed by atoms with Gasteiger partial charge in [0, 0.05) is 13.2 Å². The first-order valence-corrected chi connectivity index (χ1v) is 8.16. The molecule has 0 aromatic carbocycles. The van der Waals surface area contributed by atoms with Crippen LogP contribution in [0.25, 0.3) is 0 Å². The van der Waals surface area contributed by atoms with Gasteiger partial charge in [-0.2, -0.15) is 0 Å². The highest BCUT2D eigenvalue weighted by molar-refractivity contribution is 7.92. The predicted octanol–water partition coefficient (Wildman–Crippen LogP) is -0.353. The maximum atomic E-state index is 11.6. The monoisotopic (exact) mass is 275 g/mol. The molecule has 0 aromatic heterocycles. The lowest BCUT2D eigenvalue weighted by atomic mass is 10.2. The molecule has 0 amide bonds. The van der Waals surface area contributed by atoms with Crippen molar-refractivity contribution in [3.63, 3.8) is 0 Å². The third kappa shape index (κ3) is 3.58. The van der Waals surface area contributed by atoms with Crippen LogP contribution in [-0.2, 0) is 14.6 Å². The Morgan fingerprint density at radius 3 is 2.83 bits per heavy atom. The Balaban J connectivity index is 1.73. The van der Waals surface area contributed by atoms with Crippen molar-refractivity contribution in [2.24, 2.45) is 10.7 Å². The Labute approximate surface area is 108 Å². The molecular weight excluding hydrogens is 254 g/mol. The molecule has 2 rings (SSSR count). The molecule has 0 saturated carbocycles. The zero-order valence-corrected chi connectivity index (χ0v) is 11.3. The highest BCUT2D eigenvalue weighted by atomic mass is 32.2. The number of nitrogens with one attached hydrogen (secondary N) is 1. The minimum Gasteiger partial charge on any atom is -0.376 e. The Morgan fingerprint density at radius 2 is 2.22 bits per heavy atom. The summed E-state index contributed by atoms with van der Waals surface area (Å²) >= 11 is 0. The van der Waals surface area contributed by atoms with Gasteiger partial charge in [0.2, 0.25) is 0 Å². The largest absolute Gasteiger partial charge is 0.376 e. The highest BCUT2D eigenvalue weighted by Crippen LogP contribution is 2.18. The van der Waals surface area contributed by atoms with Crippen LogP contribution in [0.4, 0.5) is 0 Å². The first-order chi connectivity index (χ1) is 8.58. The van der Waals surface area contributed by atoms with Crippen molar-refractivity contribution < 1.29 is 13.2 Å². The second-order valence-corrected chi connectivity index (χ2v) is 7.27. The number of hydrogen-bond acceptors (Lipinski definition) is 4. The Bertz CT molecular complexity index is 402. The highest BCUT2D eigenvalue weighted by Gasteiger charge is 2.30. The zero-order chi connectivity index (χ0) is 13.0. The summed E-state index contributed by atoms with van der Waals surface area (Å²) in [7, 11) is -2.91. The van der Waals surface area contributed by atoms with Crippen LogP contribution < -0.4 is 11.1 Å². The lowest BCUT2D eigenvalue weighted by molar-refractivity contribution is 0.118. The van der Waals surface area contributed by atoms with Gasteiger partial charge in [-0.25, -0.2) is 8.42 Å². The van der Waals surface area contributed by atoms with E-state index in [2.05, 4.69) is 10.3 Å². The normalized spacial score (nSPS) is 31.7. The molecule has 18 heavy (non-hydrogen) atoms. The molecule has 0 spiro atoms. The predicted molar refractivity (Wildman–Crippen MR) is 70.3 cm³/mol. The summed E-state index contributed by atoms with van der Waals surface area (Å²) in [6, 6.07) is 0. The van der Waals surface area contributed by atoms with E-state index in [-0.39, 0.29) is 11.4 Å². The summed E-state index contributed by atoms with van der Waals surface area (Å²) in [6.07, 6.45) is 3.73. The van der Waals surface area contributed by atoms with Crippen LogP contribution in [0.3, 0.4) is 0 Å². The van der Waals surface area contributed by atoms with E-state index in [1.54, 1.807) is 0 Å². The van der Waals surface area contributed by atoms with E-state index in [4.69, 9.17) is 10.5 Å². The number of nitrogens with zero attached hydrogens (tertiary/aromatic N) is 1. The molecule has 0 aliphatic carbocycles. The zero-order valence-electron chi connectivity index (χ0n) is 10.5. The summed E-state index contributed by atoms with van der Waals surface area (Å²) in [6.45, 7) is 1.72. The maximum Gasteiger partial charge on any atom is 0.188 e. The molecule has 0 bridgehead atoms. The quantitative estimate of drug-likeness (QED) is 0.540. The third-order valence-electron chi connectivity index (χ3n) is 3.46. The molecule has 2 saturated heterocycles. The smallest absolute Gasteiger partial charge is 0.188 e. The number of nitrogens with two attached hydrogens (primary N) is 1. The average molecular weight is 275 g/mol. The summed E-state index contributed by atoms with van der Waals surface area (Å²) in [5.74, 6) is 0.611. The number of aliphatic imine (C=N–C) groups is 1. The van der Waals surface area contributed by atoms with Gasteiger partial charge in [0.25, 0.3) is 0 Å². The van der Waals surface area contributed by atoms with Crippen LogP contribution >= 0.6 is 0 Å². The topological polar surface area (TPSA) is 93.8 Å². The van der Waals surface area contributed by atoms with Gasteiger partial charge in [0.1, 0.15) is 0 Å². The molecule has 2 aliphatic rings. The number of sulfone groups is 1. The lowest BCUT2D eigenvalue weighted by Gasteiger charge is -2.12. The van der Waals surface area contributed by atoms with Crippen molar-refractivity contribution in [1.29, 1.82) is 0 Å². The van der Waals surface area contributed by atoms with E-state index >= 15 is 0 Å². The number of ether oxygens (including phenoxy) is 1. The molecular formula is C11H21N3O3S. The fourth-order valence-electron chi connectivity index (χ4n) is 2.35. The van der Waals surface area contributed by atoms with E-state index in [1.165, 1.54) is 0 Å². The fourth-order valence-corrected chi connectivity index (χ4v) is 4.12. The minimum atomic E-state index is -2.91. The van der Waals surface area contributed by atoms with Crippen LogP contribution in [-0.4, -0.2) is 51.2 Å². The van der Waals surface area contributed by atoms with Gasteiger partial charge in [-0.3, -0.25) is 4.99 Å². The summed E-state index contributed by atoms with van der Waals surface area (Å²) in [4.78, 5) is 4.18. The molecule has 3 N–H and O–H groups in total. The van der Waals surface area contributed by atoms with Crippen LogP contribution in [0, 0.1) is 0 Å². The molecule has 2 heterocycles. The summed E-state index contributed by atoms with van der Waals surface area (Å²) < 4.78 is 28.6. The first kappa shape index (κ1) is 13.6. The van der Waals surface area contributed by atoms with Gasteiger partial charge in [-0.05, 0) is 25.7 Å². The molecule has 0 aromatic rings. The Hall–Kier alpha value is -0.820. The summed E-state index contributed by atoms with van der Waals surface area (Å²) in [5.41, 5.74) is 5.71. The van der Waals surface area contributed by atoms with Crippen molar-refractivity contribution in [3.8, 4) is 0 Å². The molecule has 2 atom stereocenters. The van der Waals surface area contributed by atoms with E-state index in [1.807, 2.05) is 0 Å². The maximum absolute atomic E-state index is 11.6. The van der Waals surface area contributed by atoms with Crippen molar-refractivity contribution >= 4 is 15.8 Å². The van der Waals surface area contributed by atoms with Gasteiger partial charge in [-0.15, -0.1) is 0 Å². The molecule has 2 fully saturated rings. The second kappa shape index (κ2) is 5.88. The SMILES string of the molecule is NC(=NCC1CCCO1)NCC1CCCS1(=O)=O. The molecule has 104 valence electrons. The van der Waals surface area contributed by atoms with Crippen molar-refractivity contribution in [2.75, 3.05) is 25.4 Å². The van der Waals surface area contributed by atoms with E-state index in [0.717, 1.165) is 25.9 Å².